The summed E-state index contributed by atoms with van der Waals surface area (Å²) >= 11 is 0. The van der Waals surface area contributed by atoms with Crippen molar-refractivity contribution in [2.24, 2.45) is 0 Å². The van der Waals surface area contributed by atoms with Gasteiger partial charge in [0.1, 0.15) is 5.58 Å². The van der Waals surface area contributed by atoms with Gasteiger partial charge in [-0.15, -0.1) is 0 Å². The van der Waals surface area contributed by atoms with Crippen molar-refractivity contribution in [3.05, 3.63) is 35.6 Å². The summed E-state index contributed by atoms with van der Waals surface area (Å²) in [5.41, 5.74) is -3.18. The summed E-state index contributed by atoms with van der Waals surface area (Å²) in [5, 5.41) is 0.328. The molecule has 0 N–H and O–H groups in total. The number of hydrogen-bond acceptors (Lipinski definition) is 5. The highest BCUT2D eigenvalue weighted by Crippen LogP contribution is 2.48. The van der Waals surface area contributed by atoms with Crippen LogP contribution in [0.15, 0.2) is 28.9 Å². The van der Waals surface area contributed by atoms with E-state index in [9.17, 15) is 13.2 Å². The summed E-state index contributed by atoms with van der Waals surface area (Å²) in [6, 6.07) is 3.43. The first-order chi connectivity index (χ1) is 14.5. The van der Waals surface area contributed by atoms with Crippen LogP contribution in [0.25, 0.3) is 11.0 Å². The van der Waals surface area contributed by atoms with Crippen LogP contribution >= 0.6 is 0 Å². The van der Waals surface area contributed by atoms with Crippen LogP contribution in [0.1, 0.15) is 72.2 Å². The fourth-order valence-corrected chi connectivity index (χ4v) is 3.98. The summed E-state index contributed by atoms with van der Waals surface area (Å²) in [6.45, 7) is 15.4. The number of alkyl halides is 3. The minimum Gasteiger partial charge on any atom is -0.464 e. The molecule has 1 aromatic carbocycles. The normalized spacial score (nSPS) is 24.1. The maximum absolute atomic E-state index is 13.4. The van der Waals surface area contributed by atoms with Gasteiger partial charge in [-0.2, -0.15) is 13.2 Å². The van der Waals surface area contributed by atoms with Crippen LogP contribution in [0.2, 0.25) is 0 Å². The Morgan fingerprint density at radius 2 is 1.19 bits per heavy atom. The third kappa shape index (κ3) is 3.69. The Morgan fingerprint density at radius 1 is 0.750 bits per heavy atom. The zero-order chi connectivity index (χ0) is 23.9. The molecule has 5 nitrogen and oxygen atoms in total. The van der Waals surface area contributed by atoms with E-state index < -0.39 is 54.1 Å². The maximum Gasteiger partial charge on any atom is 0.463 e. The lowest BCUT2D eigenvalue weighted by atomic mass is 9.49. The van der Waals surface area contributed by atoms with Gasteiger partial charge < -0.3 is 23.0 Å². The fourth-order valence-electron chi connectivity index (χ4n) is 3.98. The van der Waals surface area contributed by atoms with Crippen molar-refractivity contribution < 1.29 is 36.2 Å². The molecule has 0 bridgehead atoms. The average molecular weight is 452 g/mol. The standard InChI is InChI=1S/C22H29B2F3O5/c1-18(2)19(3,4)30-23(29-18)17(24-31-20(5,6)21(7,8)32-24)15-12-28-16-10-9-13(11-14(15)16)22(25,26)27/h9-12,17H,1-8H3. The molecule has 0 spiro atoms. The quantitative estimate of drug-likeness (QED) is 0.552. The number of hydrogen-bond donors (Lipinski definition) is 0. The molecule has 0 aliphatic carbocycles. The van der Waals surface area contributed by atoms with Crippen molar-refractivity contribution >= 4 is 25.2 Å². The molecule has 2 aliphatic heterocycles. The van der Waals surface area contributed by atoms with E-state index in [4.69, 9.17) is 23.0 Å². The van der Waals surface area contributed by atoms with Gasteiger partial charge in [-0.25, -0.2) is 0 Å². The molecular formula is C22H29B2F3O5. The molecule has 2 aromatic rings. The topological polar surface area (TPSA) is 50.1 Å². The smallest absolute Gasteiger partial charge is 0.463 e. The zero-order valence-electron chi connectivity index (χ0n) is 19.7. The van der Waals surface area contributed by atoms with Crippen LogP contribution in [0.3, 0.4) is 0 Å². The van der Waals surface area contributed by atoms with E-state index in [1.807, 2.05) is 55.4 Å². The van der Waals surface area contributed by atoms with E-state index in [2.05, 4.69) is 0 Å². The molecule has 0 atom stereocenters. The Kier molecular flexibility index (Phi) is 5.19. The predicted molar refractivity (Wildman–Crippen MR) is 116 cm³/mol. The Morgan fingerprint density at radius 3 is 1.59 bits per heavy atom. The zero-order valence-corrected chi connectivity index (χ0v) is 19.7. The summed E-state index contributed by atoms with van der Waals surface area (Å²) < 4.78 is 71.1. The molecule has 2 saturated heterocycles. The Bertz CT molecular complexity index is 960. The number of benzene rings is 1. The Hall–Kier alpha value is -1.48. The van der Waals surface area contributed by atoms with Gasteiger partial charge >= 0.3 is 20.4 Å². The number of halogens is 3. The molecule has 0 amide bonds. The minimum atomic E-state index is -4.48. The molecule has 0 radical (unpaired) electrons. The molecule has 1 aromatic heterocycles. The highest BCUT2D eigenvalue weighted by Gasteiger charge is 2.62. The van der Waals surface area contributed by atoms with E-state index in [0.717, 1.165) is 12.1 Å². The lowest BCUT2D eigenvalue weighted by molar-refractivity contribution is -0.137. The summed E-state index contributed by atoms with van der Waals surface area (Å²) in [5.74, 6) is 0. The van der Waals surface area contributed by atoms with Crippen LogP contribution in [0.4, 0.5) is 13.2 Å². The van der Waals surface area contributed by atoms with Crippen molar-refractivity contribution in [2.45, 2.75) is 89.7 Å². The molecule has 3 heterocycles. The first kappa shape index (κ1) is 23.7. The second-order valence-electron chi connectivity index (χ2n) is 10.7. The SMILES string of the molecule is CC1(C)OB(C(B2OC(C)(C)C(C)(C)O2)c2coc3ccc(C(F)(F)F)cc23)OC1(C)C. The van der Waals surface area contributed by atoms with Crippen LogP contribution < -0.4 is 0 Å². The van der Waals surface area contributed by atoms with Gasteiger partial charge in [0.2, 0.25) is 0 Å². The van der Waals surface area contributed by atoms with Crippen molar-refractivity contribution in [1.82, 2.24) is 0 Å². The summed E-state index contributed by atoms with van der Waals surface area (Å²) in [6.07, 6.45) is -3.03. The molecule has 2 aliphatic rings. The predicted octanol–water partition coefficient (Wildman–Crippen LogP) is 5.80. The van der Waals surface area contributed by atoms with Crippen LogP contribution in [-0.4, -0.2) is 36.6 Å². The number of fused-ring (bicyclic) bond motifs is 1. The van der Waals surface area contributed by atoms with Gasteiger partial charge in [0.05, 0.1) is 39.9 Å². The highest BCUT2D eigenvalue weighted by atomic mass is 19.4. The van der Waals surface area contributed by atoms with Gasteiger partial charge in [-0.3, -0.25) is 0 Å². The Labute approximate surface area is 187 Å². The van der Waals surface area contributed by atoms with Gasteiger partial charge in [0, 0.05) is 5.39 Å². The average Bonchev–Trinajstić information content (AvgIpc) is 3.18. The first-order valence-corrected chi connectivity index (χ1v) is 10.7. The Balaban J connectivity index is 1.84. The monoisotopic (exact) mass is 452 g/mol. The highest BCUT2D eigenvalue weighted by molar-refractivity contribution is 6.68. The molecule has 4 rings (SSSR count). The molecule has 32 heavy (non-hydrogen) atoms. The van der Waals surface area contributed by atoms with Gasteiger partial charge in [-0.05, 0) is 79.2 Å². The van der Waals surface area contributed by atoms with E-state index in [-0.39, 0.29) is 0 Å². The van der Waals surface area contributed by atoms with Crippen molar-refractivity contribution in [3.63, 3.8) is 0 Å². The fraction of sp³-hybridized carbons (Fsp3) is 0.636. The summed E-state index contributed by atoms with van der Waals surface area (Å²) in [7, 11) is -1.63. The molecule has 2 fully saturated rings. The van der Waals surface area contributed by atoms with E-state index in [0.29, 0.717) is 16.5 Å². The first-order valence-electron chi connectivity index (χ1n) is 10.7. The minimum absolute atomic E-state index is 0.328. The third-order valence-electron chi connectivity index (χ3n) is 7.42. The second kappa shape index (κ2) is 7.01. The van der Waals surface area contributed by atoms with Crippen LogP contribution in [-0.2, 0) is 24.8 Å². The lowest BCUT2D eigenvalue weighted by Crippen LogP contribution is -2.41. The van der Waals surface area contributed by atoms with Gasteiger partial charge in [0.25, 0.3) is 0 Å². The second-order valence-corrected chi connectivity index (χ2v) is 10.7. The van der Waals surface area contributed by atoms with Crippen LogP contribution in [0, 0.1) is 0 Å². The molecule has 0 saturated carbocycles. The largest absolute Gasteiger partial charge is 0.464 e. The molecule has 10 heteroatoms. The van der Waals surface area contributed by atoms with E-state index in [1.54, 1.807) is 0 Å². The molecule has 0 unspecified atom stereocenters. The maximum atomic E-state index is 13.4. The number of rotatable bonds is 3. The van der Waals surface area contributed by atoms with Crippen molar-refractivity contribution in [1.29, 1.82) is 0 Å². The number of furan rings is 1. The molecular weight excluding hydrogens is 423 g/mol. The van der Waals surface area contributed by atoms with Crippen LogP contribution in [0.5, 0.6) is 0 Å². The van der Waals surface area contributed by atoms with E-state index in [1.165, 1.54) is 12.3 Å². The van der Waals surface area contributed by atoms with Crippen molar-refractivity contribution in [2.75, 3.05) is 0 Å². The molecule has 174 valence electrons. The lowest BCUT2D eigenvalue weighted by Gasteiger charge is -2.32. The van der Waals surface area contributed by atoms with Crippen molar-refractivity contribution in [3.8, 4) is 0 Å². The van der Waals surface area contributed by atoms with Gasteiger partial charge in [-0.1, -0.05) is 0 Å². The van der Waals surface area contributed by atoms with Gasteiger partial charge in [0.15, 0.2) is 0 Å². The van der Waals surface area contributed by atoms with E-state index >= 15 is 0 Å². The summed E-state index contributed by atoms with van der Waals surface area (Å²) in [4.78, 5) is 0. The third-order valence-corrected chi connectivity index (χ3v) is 7.42.